The number of carboxylic acid groups (broad SMARTS) is 1. The summed E-state index contributed by atoms with van der Waals surface area (Å²) in [5.41, 5.74) is 3.12. The number of carbonyl (C=O) groups is 2. The first kappa shape index (κ1) is 15.3. The molecule has 1 heterocycles. The van der Waals surface area contributed by atoms with E-state index in [0.717, 1.165) is 24.0 Å². The highest BCUT2D eigenvalue weighted by Crippen LogP contribution is 2.32. The molecule has 1 aliphatic carbocycles. The summed E-state index contributed by atoms with van der Waals surface area (Å²) in [5, 5.41) is 16.1. The van der Waals surface area contributed by atoms with Crippen LogP contribution in [0.25, 0.3) is 0 Å². The Bertz CT molecular complexity index is 738. The monoisotopic (exact) mass is 313 g/mol. The zero-order chi connectivity index (χ0) is 16.4. The number of carboxylic acids is 1. The van der Waals surface area contributed by atoms with Gasteiger partial charge in [0.2, 0.25) is 5.91 Å². The molecule has 0 spiro atoms. The van der Waals surface area contributed by atoms with Crippen LogP contribution in [-0.4, -0.2) is 32.8 Å². The smallest absolute Gasteiger partial charge is 0.328 e. The van der Waals surface area contributed by atoms with Crippen molar-refractivity contribution in [3.63, 3.8) is 0 Å². The average Bonchev–Trinajstić information content (AvgIpc) is 3.12. The molecule has 1 aromatic heterocycles. The van der Waals surface area contributed by atoms with E-state index < -0.39 is 12.0 Å². The number of aromatic nitrogens is 2. The number of benzene rings is 1. The maximum Gasteiger partial charge on any atom is 0.328 e. The first-order chi connectivity index (χ1) is 11.0. The minimum atomic E-state index is -1.06. The van der Waals surface area contributed by atoms with Crippen LogP contribution in [0, 0.1) is 6.92 Å². The molecule has 2 aromatic rings. The van der Waals surface area contributed by atoms with E-state index in [-0.39, 0.29) is 18.4 Å². The van der Waals surface area contributed by atoms with E-state index in [1.807, 2.05) is 31.2 Å². The summed E-state index contributed by atoms with van der Waals surface area (Å²) in [7, 11) is 0. The molecule has 2 N–H and O–H groups in total. The van der Waals surface area contributed by atoms with Crippen LogP contribution in [0.15, 0.2) is 36.7 Å². The predicted octanol–water partition coefficient (Wildman–Crippen LogP) is 1.49. The van der Waals surface area contributed by atoms with Gasteiger partial charge in [-0.15, -0.1) is 0 Å². The fourth-order valence-corrected chi connectivity index (χ4v) is 3.04. The molecule has 2 unspecified atom stereocenters. The van der Waals surface area contributed by atoms with E-state index in [1.54, 1.807) is 12.4 Å². The lowest BCUT2D eigenvalue weighted by Gasteiger charge is -2.18. The number of fused-ring (bicyclic) bond motifs is 1. The van der Waals surface area contributed by atoms with Gasteiger partial charge in [-0.3, -0.25) is 9.48 Å². The van der Waals surface area contributed by atoms with Crippen LogP contribution in [0.5, 0.6) is 0 Å². The van der Waals surface area contributed by atoms with Crippen LogP contribution < -0.4 is 5.32 Å². The van der Waals surface area contributed by atoms with Gasteiger partial charge in [-0.05, 0) is 36.5 Å². The van der Waals surface area contributed by atoms with Gasteiger partial charge in [-0.1, -0.05) is 24.3 Å². The molecule has 0 radical (unpaired) electrons. The Balaban J connectivity index is 1.71. The molecule has 0 fully saturated rings. The molecule has 0 bridgehead atoms. The van der Waals surface area contributed by atoms with Gasteiger partial charge in [-0.25, -0.2) is 4.79 Å². The summed E-state index contributed by atoms with van der Waals surface area (Å²) < 4.78 is 1.54. The molecule has 2 atom stereocenters. The molecule has 6 heteroatoms. The molecule has 0 saturated carbocycles. The molecular formula is C17H19N3O3. The number of amides is 1. The van der Waals surface area contributed by atoms with Crippen molar-refractivity contribution >= 4 is 11.9 Å². The molecule has 120 valence electrons. The van der Waals surface area contributed by atoms with E-state index >= 15 is 0 Å². The van der Waals surface area contributed by atoms with Gasteiger partial charge in [0.15, 0.2) is 0 Å². The van der Waals surface area contributed by atoms with Crippen molar-refractivity contribution in [2.75, 3.05) is 0 Å². The van der Waals surface area contributed by atoms with Crippen molar-refractivity contribution in [1.82, 2.24) is 15.1 Å². The third kappa shape index (κ3) is 3.26. The molecule has 0 saturated heterocycles. The van der Waals surface area contributed by atoms with E-state index in [0.29, 0.717) is 0 Å². The molecule has 1 amide bonds. The van der Waals surface area contributed by atoms with Gasteiger partial charge >= 0.3 is 5.97 Å². The second-order valence-electron chi connectivity index (χ2n) is 5.93. The molecule has 23 heavy (non-hydrogen) atoms. The summed E-state index contributed by atoms with van der Waals surface area (Å²) in [6.07, 6.45) is 4.99. The maximum atomic E-state index is 12.5. The predicted molar refractivity (Wildman–Crippen MR) is 84.0 cm³/mol. The normalized spacial score (nSPS) is 17.5. The molecular weight excluding hydrogens is 294 g/mol. The van der Waals surface area contributed by atoms with Crippen molar-refractivity contribution in [2.24, 2.45) is 0 Å². The Morgan fingerprint density at radius 1 is 1.43 bits per heavy atom. The highest BCUT2D eigenvalue weighted by Gasteiger charge is 2.31. The SMILES string of the molecule is Cc1cnn(CC(NC(=O)C2CCc3ccccc32)C(=O)O)c1. The average molecular weight is 313 g/mol. The minimum Gasteiger partial charge on any atom is -0.480 e. The van der Waals surface area contributed by atoms with E-state index in [9.17, 15) is 14.7 Å². The molecule has 6 nitrogen and oxygen atoms in total. The van der Waals surface area contributed by atoms with E-state index in [2.05, 4.69) is 10.4 Å². The van der Waals surface area contributed by atoms with Gasteiger partial charge in [0.25, 0.3) is 0 Å². The van der Waals surface area contributed by atoms with Crippen LogP contribution >= 0.6 is 0 Å². The first-order valence-corrected chi connectivity index (χ1v) is 7.64. The standard InChI is InChI=1S/C17H19N3O3/c1-11-8-18-20(9-11)10-15(17(22)23)19-16(21)14-7-6-12-4-2-3-5-13(12)14/h2-5,8-9,14-15H,6-7,10H2,1H3,(H,19,21)(H,22,23). The van der Waals surface area contributed by atoms with Crippen molar-refractivity contribution in [3.05, 3.63) is 53.3 Å². The largest absolute Gasteiger partial charge is 0.480 e. The van der Waals surface area contributed by atoms with Crippen LogP contribution in [-0.2, 0) is 22.6 Å². The van der Waals surface area contributed by atoms with Gasteiger partial charge in [0, 0.05) is 6.20 Å². The van der Waals surface area contributed by atoms with Crippen molar-refractivity contribution in [3.8, 4) is 0 Å². The summed E-state index contributed by atoms with van der Waals surface area (Å²) in [5.74, 6) is -1.56. The number of nitrogens with zero attached hydrogens (tertiary/aromatic N) is 2. The second kappa shape index (κ2) is 6.24. The number of nitrogens with one attached hydrogen (secondary N) is 1. The third-order valence-corrected chi connectivity index (χ3v) is 4.20. The highest BCUT2D eigenvalue weighted by molar-refractivity contribution is 5.88. The summed E-state index contributed by atoms with van der Waals surface area (Å²) in [4.78, 5) is 24.0. The Morgan fingerprint density at radius 2 is 2.22 bits per heavy atom. The fraction of sp³-hybridized carbons (Fsp3) is 0.353. The molecule has 3 rings (SSSR count). The first-order valence-electron chi connectivity index (χ1n) is 7.64. The number of hydrogen-bond donors (Lipinski definition) is 2. The molecule has 1 aliphatic rings. The Hall–Kier alpha value is -2.63. The summed E-state index contributed by atoms with van der Waals surface area (Å²) in [6, 6.07) is 6.84. The van der Waals surface area contributed by atoms with E-state index in [1.165, 1.54) is 10.2 Å². The van der Waals surface area contributed by atoms with Crippen LogP contribution in [0.1, 0.15) is 29.0 Å². The van der Waals surface area contributed by atoms with Crippen molar-refractivity contribution < 1.29 is 14.7 Å². The zero-order valence-corrected chi connectivity index (χ0v) is 12.9. The molecule has 1 aromatic carbocycles. The second-order valence-corrected chi connectivity index (χ2v) is 5.93. The van der Waals surface area contributed by atoms with Gasteiger partial charge in [-0.2, -0.15) is 5.10 Å². The van der Waals surface area contributed by atoms with Crippen molar-refractivity contribution in [1.29, 1.82) is 0 Å². The zero-order valence-electron chi connectivity index (χ0n) is 12.9. The lowest BCUT2D eigenvalue weighted by Crippen LogP contribution is -2.45. The topological polar surface area (TPSA) is 84.2 Å². The third-order valence-electron chi connectivity index (χ3n) is 4.20. The number of carbonyl (C=O) groups excluding carboxylic acids is 1. The molecule has 0 aliphatic heterocycles. The Morgan fingerprint density at radius 3 is 2.91 bits per heavy atom. The number of rotatable bonds is 5. The minimum absolute atomic E-state index is 0.114. The lowest BCUT2D eigenvalue weighted by atomic mass is 10.00. The van der Waals surface area contributed by atoms with Crippen LogP contribution in [0.4, 0.5) is 0 Å². The van der Waals surface area contributed by atoms with Gasteiger partial charge in [0.1, 0.15) is 6.04 Å². The summed E-state index contributed by atoms with van der Waals surface area (Å²) >= 11 is 0. The van der Waals surface area contributed by atoms with Crippen LogP contribution in [0.3, 0.4) is 0 Å². The Labute approximate surface area is 134 Å². The van der Waals surface area contributed by atoms with Gasteiger partial charge in [0.05, 0.1) is 18.7 Å². The highest BCUT2D eigenvalue weighted by atomic mass is 16.4. The Kier molecular flexibility index (Phi) is 4.14. The van der Waals surface area contributed by atoms with Gasteiger partial charge < -0.3 is 10.4 Å². The number of aliphatic carboxylic acids is 1. The van der Waals surface area contributed by atoms with Crippen LogP contribution in [0.2, 0.25) is 0 Å². The maximum absolute atomic E-state index is 12.5. The summed E-state index contributed by atoms with van der Waals surface area (Å²) in [6.45, 7) is 2.00. The number of aryl methyl sites for hydroxylation is 2. The number of hydrogen-bond acceptors (Lipinski definition) is 3. The fourth-order valence-electron chi connectivity index (χ4n) is 3.04. The lowest BCUT2D eigenvalue weighted by molar-refractivity contribution is -0.142. The quantitative estimate of drug-likeness (QED) is 0.876. The van der Waals surface area contributed by atoms with Crippen molar-refractivity contribution in [2.45, 2.75) is 38.3 Å². The van der Waals surface area contributed by atoms with E-state index in [4.69, 9.17) is 0 Å².